The minimum Gasteiger partial charge on any atom is -0.310 e. The number of benzene rings is 5. The molecule has 0 saturated heterocycles. The average molecular weight is 512 g/mol. The standard InChI is InChI=1S/C29H23N.C6H10.C3H8/c1-22-11-13-24(14-12-22)25-15-18-28(19-16-25)30(27-9-3-2-4-10-27)29-20-17-23-7-5-6-8-26(23)21-29;1-3-5-6-4-2;1-3-2/h2-21H,1H3;3-6H,1-2H3;3H2,1-2H3/b;5-3-,6-4-;. The third-order valence-electron chi connectivity index (χ3n) is 6.01. The van der Waals surface area contributed by atoms with Crippen LogP contribution < -0.4 is 4.90 Å². The second-order valence-electron chi connectivity index (χ2n) is 9.37. The number of allylic oxidation sites excluding steroid dienone is 4. The smallest absolute Gasteiger partial charge is 0.0468 e. The van der Waals surface area contributed by atoms with Crippen molar-refractivity contribution in [3.8, 4) is 11.1 Å². The van der Waals surface area contributed by atoms with Crippen LogP contribution >= 0.6 is 0 Å². The van der Waals surface area contributed by atoms with Crippen LogP contribution in [0.4, 0.5) is 17.1 Å². The average Bonchev–Trinajstić information content (AvgIpc) is 2.98. The summed E-state index contributed by atoms with van der Waals surface area (Å²) in [6.07, 6.45) is 9.25. The minimum atomic E-state index is 1.15. The fourth-order valence-electron chi connectivity index (χ4n) is 4.11. The predicted octanol–water partition coefficient (Wildman–Crippen LogP) is 11.8. The highest BCUT2D eigenvalue weighted by atomic mass is 15.1. The Morgan fingerprint density at radius 1 is 0.513 bits per heavy atom. The van der Waals surface area contributed by atoms with Crippen molar-refractivity contribution in [3.63, 3.8) is 0 Å². The monoisotopic (exact) mass is 511 g/mol. The van der Waals surface area contributed by atoms with E-state index in [2.05, 4.69) is 147 Å². The molecule has 0 aliphatic heterocycles. The quantitative estimate of drug-likeness (QED) is 0.212. The van der Waals surface area contributed by atoms with Gasteiger partial charge >= 0.3 is 0 Å². The lowest BCUT2D eigenvalue weighted by Gasteiger charge is -2.26. The van der Waals surface area contributed by atoms with Crippen molar-refractivity contribution in [2.45, 2.75) is 41.0 Å². The molecule has 5 aromatic carbocycles. The normalized spacial score (nSPS) is 10.6. The summed E-state index contributed by atoms with van der Waals surface area (Å²) in [6.45, 7) is 10.4. The highest BCUT2D eigenvalue weighted by Crippen LogP contribution is 2.36. The molecule has 0 aromatic heterocycles. The Balaban J connectivity index is 0.000000408. The zero-order chi connectivity index (χ0) is 27.9. The Kier molecular flexibility index (Phi) is 11.8. The molecule has 0 spiro atoms. The summed E-state index contributed by atoms with van der Waals surface area (Å²) in [5, 5.41) is 2.50. The van der Waals surface area contributed by atoms with Gasteiger partial charge in [-0.05, 0) is 79.1 Å². The number of nitrogens with zero attached hydrogens (tertiary/aromatic N) is 1. The number of hydrogen-bond acceptors (Lipinski definition) is 1. The number of aryl methyl sites for hydroxylation is 1. The van der Waals surface area contributed by atoms with E-state index in [0.717, 1.165) is 17.1 Å². The van der Waals surface area contributed by atoms with Crippen LogP contribution in [-0.4, -0.2) is 0 Å². The zero-order valence-electron chi connectivity index (χ0n) is 24.0. The first kappa shape index (κ1) is 29.2. The van der Waals surface area contributed by atoms with Crippen LogP contribution in [0.2, 0.25) is 0 Å². The molecule has 0 N–H and O–H groups in total. The molecule has 0 fully saturated rings. The van der Waals surface area contributed by atoms with Gasteiger partial charge in [0, 0.05) is 17.1 Å². The van der Waals surface area contributed by atoms with Gasteiger partial charge in [-0.15, -0.1) is 0 Å². The number of fused-ring (bicyclic) bond motifs is 1. The lowest BCUT2D eigenvalue weighted by Crippen LogP contribution is -2.09. The largest absolute Gasteiger partial charge is 0.310 e. The Hall–Kier alpha value is -4.36. The summed E-state index contributed by atoms with van der Waals surface area (Å²) >= 11 is 0. The third kappa shape index (κ3) is 8.58. The third-order valence-corrected chi connectivity index (χ3v) is 6.01. The number of rotatable bonds is 5. The lowest BCUT2D eigenvalue weighted by molar-refractivity contribution is 1.09. The van der Waals surface area contributed by atoms with Crippen LogP contribution in [0.5, 0.6) is 0 Å². The highest BCUT2D eigenvalue weighted by Gasteiger charge is 2.13. The molecule has 0 aliphatic carbocycles. The number of para-hydroxylation sites is 1. The maximum absolute atomic E-state index is 2.31. The molecular formula is C38H41N. The summed E-state index contributed by atoms with van der Waals surface area (Å²) in [7, 11) is 0. The summed E-state index contributed by atoms with van der Waals surface area (Å²) < 4.78 is 0. The van der Waals surface area contributed by atoms with Gasteiger partial charge in [-0.2, -0.15) is 0 Å². The van der Waals surface area contributed by atoms with Crippen molar-refractivity contribution in [1.82, 2.24) is 0 Å². The van der Waals surface area contributed by atoms with Crippen LogP contribution in [0.25, 0.3) is 21.9 Å². The van der Waals surface area contributed by atoms with Gasteiger partial charge < -0.3 is 4.90 Å². The van der Waals surface area contributed by atoms with Crippen molar-refractivity contribution < 1.29 is 0 Å². The van der Waals surface area contributed by atoms with E-state index in [1.807, 2.05) is 38.2 Å². The van der Waals surface area contributed by atoms with E-state index >= 15 is 0 Å². The van der Waals surface area contributed by atoms with E-state index in [0.29, 0.717) is 0 Å². The lowest BCUT2D eigenvalue weighted by atomic mass is 10.0. The van der Waals surface area contributed by atoms with Gasteiger partial charge in [0.25, 0.3) is 0 Å². The van der Waals surface area contributed by atoms with E-state index in [4.69, 9.17) is 0 Å². The Morgan fingerprint density at radius 3 is 1.54 bits per heavy atom. The molecule has 0 heterocycles. The van der Waals surface area contributed by atoms with Crippen LogP contribution in [0.15, 0.2) is 146 Å². The molecule has 0 aliphatic rings. The number of hydrogen-bond donors (Lipinski definition) is 0. The summed E-state index contributed by atoms with van der Waals surface area (Å²) in [5.74, 6) is 0. The highest BCUT2D eigenvalue weighted by molar-refractivity contribution is 5.89. The van der Waals surface area contributed by atoms with E-state index < -0.39 is 0 Å². The summed E-state index contributed by atoms with van der Waals surface area (Å²) in [5.41, 5.74) is 7.20. The molecular weight excluding hydrogens is 470 g/mol. The van der Waals surface area contributed by atoms with Crippen molar-refractivity contribution >= 4 is 27.8 Å². The van der Waals surface area contributed by atoms with Gasteiger partial charge in [0.15, 0.2) is 0 Å². The van der Waals surface area contributed by atoms with Crippen LogP contribution in [0.3, 0.4) is 0 Å². The zero-order valence-corrected chi connectivity index (χ0v) is 24.0. The molecule has 0 saturated carbocycles. The van der Waals surface area contributed by atoms with Crippen LogP contribution in [0, 0.1) is 6.92 Å². The molecule has 0 bridgehead atoms. The van der Waals surface area contributed by atoms with Gasteiger partial charge in [0.1, 0.15) is 0 Å². The van der Waals surface area contributed by atoms with E-state index in [9.17, 15) is 0 Å². The van der Waals surface area contributed by atoms with E-state index in [1.54, 1.807) is 0 Å². The molecule has 39 heavy (non-hydrogen) atoms. The maximum Gasteiger partial charge on any atom is 0.0468 e. The van der Waals surface area contributed by atoms with E-state index in [1.165, 1.54) is 33.9 Å². The van der Waals surface area contributed by atoms with Gasteiger partial charge in [0.2, 0.25) is 0 Å². The first-order valence-electron chi connectivity index (χ1n) is 13.9. The molecule has 0 amide bonds. The summed E-state index contributed by atoms with van der Waals surface area (Å²) in [4.78, 5) is 2.31. The minimum absolute atomic E-state index is 1.15. The first-order chi connectivity index (χ1) is 19.1. The first-order valence-corrected chi connectivity index (χ1v) is 13.9. The van der Waals surface area contributed by atoms with E-state index in [-0.39, 0.29) is 0 Å². The summed E-state index contributed by atoms with van der Waals surface area (Å²) in [6, 6.07) is 43.2. The van der Waals surface area contributed by atoms with Crippen LogP contribution in [-0.2, 0) is 0 Å². The van der Waals surface area contributed by atoms with Gasteiger partial charge in [-0.3, -0.25) is 0 Å². The predicted molar refractivity (Wildman–Crippen MR) is 174 cm³/mol. The van der Waals surface area contributed by atoms with Gasteiger partial charge in [-0.1, -0.05) is 135 Å². The molecule has 0 unspecified atom stereocenters. The van der Waals surface area contributed by atoms with Crippen molar-refractivity contribution in [2.75, 3.05) is 4.90 Å². The van der Waals surface area contributed by atoms with Gasteiger partial charge in [0.05, 0.1) is 0 Å². The molecule has 0 atom stereocenters. The maximum atomic E-state index is 2.31. The SMILES string of the molecule is C/C=C\C=C/C.CCC.Cc1ccc(-c2ccc(N(c3ccccc3)c3ccc4ccccc4c3)cc2)cc1. The molecule has 198 valence electrons. The molecule has 0 radical (unpaired) electrons. The Morgan fingerprint density at radius 2 is 0.974 bits per heavy atom. The van der Waals surface area contributed by atoms with Crippen molar-refractivity contribution in [3.05, 3.63) is 151 Å². The van der Waals surface area contributed by atoms with Crippen molar-refractivity contribution in [1.29, 1.82) is 0 Å². The Bertz CT molecular complexity index is 1430. The van der Waals surface area contributed by atoms with Crippen LogP contribution in [0.1, 0.15) is 39.7 Å². The Labute approximate surface area is 235 Å². The fourth-order valence-corrected chi connectivity index (χ4v) is 4.11. The van der Waals surface area contributed by atoms with Gasteiger partial charge in [-0.25, -0.2) is 0 Å². The fraction of sp³-hybridized carbons (Fsp3) is 0.158. The number of anilines is 3. The molecule has 5 rings (SSSR count). The molecule has 1 heteroatoms. The van der Waals surface area contributed by atoms with Crippen molar-refractivity contribution in [2.24, 2.45) is 0 Å². The topological polar surface area (TPSA) is 3.24 Å². The second kappa shape index (κ2) is 15.8. The molecule has 1 nitrogen and oxygen atoms in total. The molecule has 5 aromatic rings. The second-order valence-corrected chi connectivity index (χ2v) is 9.37.